The first kappa shape index (κ1) is 13.0. The Balaban J connectivity index is 2.33. The van der Waals surface area contributed by atoms with Crippen LogP contribution in [0.5, 0.6) is 0 Å². The van der Waals surface area contributed by atoms with E-state index in [1.807, 2.05) is 31.2 Å². The maximum atomic E-state index is 11.5. The van der Waals surface area contributed by atoms with Gasteiger partial charge in [0.25, 0.3) is 0 Å². The quantitative estimate of drug-likeness (QED) is 0.853. The van der Waals surface area contributed by atoms with Crippen LogP contribution < -0.4 is 5.32 Å². The molecule has 1 N–H and O–H groups in total. The lowest BCUT2D eigenvalue weighted by atomic mass is 10.2. The van der Waals surface area contributed by atoms with E-state index in [0.29, 0.717) is 13.1 Å². The van der Waals surface area contributed by atoms with Crippen LogP contribution in [-0.4, -0.2) is 30.9 Å². The fraction of sp³-hybridized carbons (Fsp3) is 0.417. The number of amides is 1. The Kier molecular flexibility index (Phi) is 5.29. The molecule has 0 aliphatic carbocycles. The zero-order valence-electron chi connectivity index (χ0n) is 9.66. The third kappa shape index (κ3) is 4.21. The highest BCUT2D eigenvalue weighted by atomic mass is 35.5. The molecule has 4 heteroatoms. The largest absolute Gasteiger partial charge is 0.345 e. The van der Waals surface area contributed by atoms with E-state index in [-0.39, 0.29) is 5.91 Å². The lowest BCUT2D eigenvalue weighted by Crippen LogP contribution is -2.35. The highest BCUT2D eigenvalue weighted by molar-refractivity contribution is 6.30. The van der Waals surface area contributed by atoms with Gasteiger partial charge in [-0.25, -0.2) is 0 Å². The normalized spacial score (nSPS) is 10.2. The average molecular weight is 241 g/mol. The zero-order chi connectivity index (χ0) is 12.0. The van der Waals surface area contributed by atoms with Crippen LogP contribution in [0.2, 0.25) is 5.02 Å². The van der Waals surface area contributed by atoms with E-state index >= 15 is 0 Å². The molecule has 0 aliphatic rings. The maximum Gasteiger partial charge on any atom is 0.236 e. The topological polar surface area (TPSA) is 32.3 Å². The van der Waals surface area contributed by atoms with Crippen molar-refractivity contribution in [2.75, 3.05) is 20.1 Å². The molecule has 16 heavy (non-hydrogen) atoms. The molecule has 1 aromatic carbocycles. The molecule has 0 aromatic heterocycles. The zero-order valence-corrected chi connectivity index (χ0v) is 10.4. The SMILES string of the molecule is CCN(C)C(=O)CNCc1cccc(Cl)c1. The molecule has 0 radical (unpaired) electrons. The maximum absolute atomic E-state index is 11.5. The number of nitrogens with one attached hydrogen (secondary N) is 1. The summed E-state index contributed by atoms with van der Waals surface area (Å²) in [4.78, 5) is 13.2. The van der Waals surface area contributed by atoms with Gasteiger partial charge in [-0.05, 0) is 24.6 Å². The number of benzene rings is 1. The molecule has 1 amide bonds. The lowest BCUT2D eigenvalue weighted by molar-refractivity contribution is -0.128. The van der Waals surface area contributed by atoms with E-state index in [9.17, 15) is 4.79 Å². The van der Waals surface area contributed by atoms with Gasteiger partial charge in [-0.2, -0.15) is 0 Å². The van der Waals surface area contributed by atoms with Crippen molar-refractivity contribution in [3.63, 3.8) is 0 Å². The van der Waals surface area contributed by atoms with Gasteiger partial charge in [0.2, 0.25) is 5.91 Å². The molecule has 0 bridgehead atoms. The predicted molar refractivity (Wildman–Crippen MR) is 66.5 cm³/mol. The van der Waals surface area contributed by atoms with Crippen molar-refractivity contribution in [3.05, 3.63) is 34.9 Å². The summed E-state index contributed by atoms with van der Waals surface area (Å²) in [7, 11) is 1.80. The minimum Gasteiger partial charge on any atom is -0.345 e. The second-order valence-electron chi connectivity index (χ2n) is 3.64. The van der Waals surface area contributed by atoms with Crippen LogP contribution in [0.15, 0.2) is 24.3 Å². The van der Waals surface area contributed by atoms with Crippen LogP contribution in [0.25, 0.3) is 0 Å². The highest BCUT2D eigenvalue weighted by Gasteiger charge is 2.05. The summed E-state index contributed by atoms with van der Waals surface area (Å²) in [5, 5.41) is 3.81. The first-order valence-electron chi connectivity index (χ1n) is 5.32. The summed E-state index contributed by atoms with van der Waals surface area (Å²) in [6, 6.07) is 7.61. The first-order chi connectivity index (χ1) is 7.63. The Morgan fingerprint density at radius 2 is 2.25 bits per heavy atom. The van der Waals surface area contributed by atoms with Gasteiger partial charge in [-0.15, -0.1) is 0 Å². The molecule has 88 valence electrons. The van der Waals surface area contributed by atoms with E-state index in [4.69, 9.17) is 11.6 Å². The molecule has 0 fully saturated rings. The third-order valence-corrected chi connectivity index (χ3v) is 2.63. The van der Waals surface area contributed by atoms with Gasteiger partial charge in [0.1, 0.15) is 0 Å². The van der Waals surface area contributed by atoms with E-state index in [1.54, 1.807) is 11.9 Å². The van der Waals surface area contributed by atoms with Crippen molar-refractivity contribution in [2.45, 2.75) is 13.5 Å². The molecule has 0 saturated carbocycles. The number of hydrogen-bond donors (Lipinski definition) is 1. The second kappa shape index (κ2) is 6.51. The van der Waals surface area contributed by atoms with Gasteiger partial charge < -0.3 is 10.2 Å². The standard InChI is InChI=1S/C12H17ClN2O/c1-3-15(2)12(16)9-14-8-10-5-4-6-11(13)7-10/h4-7,14H,3,8-9H2,1-2H3. The van der Waals surface area contributed by atoms with E-state index < -0.39 is 0 Å². The molecule has 0 spiro atoms. The Morgan fingerprint density at radius 3 is 2.88 bits per heavy atom. The summed E-state index contributed by atoms with van der Waals surface area (Å²) in [6.45, 7) is 3.70. The molecule has 1 aromatic rings. The van der Waals surface area contributed by atoms with Crippen LogP contribution in [0, 0.1) is 0 Å². The molecule has 0 atom stereocenters. The van der Waals surface area contributed by atoms with Crippen molar-refractivity contribution in [1.82, 2.24) is 10.2 Å². The van der Waals surface area contributed by atoms with Crippen LogP contribution in [0.1, 0.15) is 12.5 Å². The number of carbonyl (C=O) groups excluding carboxylic acids is 1. The minimum absolute atomic E-state index is 0.101. The van der Waals surface area contributed by atoms with Gasteiger partial charge in [0.05, 0.1) is 6.54 Å². The Morgan fingerprint density at radius 1 is 1.50 bits per heavy atom. The highest BCUT2D eigenvalue weighted by Crippen LogP contribution is 2.09. The van der Waals surface area contributed by atoms with E-state index in [1.165, 1.54) is 0 Å². The fourth-order valence-corrected chi connectivity index (χ4v) is 1.48. The van der Waals surface area contributed by atoms with Crippen molar-refractivity contribution in [2.24, 2.45) is 0 Å². The van der Waals surface area contributed by atoms with Crippen LogP contribution in [0.3, 0.4) is 0 Å². The Labute approximate surface area is 101 Å². The van der Waals surface area contributed by atoms with Crippen molar-refractivity contribution in [3.8, 4) is 0 Å². The average Bonchev–Trinajstić information content (AvgIpc) is 2.28. The van der Waals surface area contributed by atoms with Crippen LogP contribution in [-0.2, 0) is 11.3 Å². The first-order valence-corrected chi connectivity index (χ1v) is 5.70. The minimum atomic E-state index is 0.101. The molecule has 1 rings (SSSR count). The molecule has 0 saturated heterocycles. The molecule has 0 aliphatic heterocycles. The van der Waals surface area contributed by atoms with Crippen LogP contribution >= 0.6 is 11.6 Å². The number of nitrogens with zero attached hydrogens (tertiary/aromatic N) is 1. The molecule has 3 nitrogen and oxygen atoms in total. The van der Waals surface area contributed by atoms with Crippen molar-refractivity contribution < 1.29 is 4.79 Å². The summed E-state index contributed by atoms with van der Waals surface area (Å²) < 4.78 is 0. The Hall–Kier alpha value is -1.06. The second-order valence-corrected chi connectivity index (χ2v) is 4.08. The van der Waals surface area contributed by atoms with Crippen molar-refractivity contribution >= 4 is 17.5 Å². The summed E-state index contributed by atoms with van der Waals surface area (Å²) in [5.41, 5.74) is 1.08. The number of halogens is 1. The van der Waals surface area contributed by atoms with Gasteiger partial charge in [0, 0.05) is 25.2 Å². The lowest BCUT2D eigenvalue weighted by Gasteiger charge is -2.14. The summed E-state index contributed by atoms with van der Waals surface area (Å²) in [5.74, 6) is 0.101. The van der Waals surface area contributed by atoms with Crippen LogP contribution in [0.4, 0.5) is 0 Å². The smallest absolute Gasteiger partial charge is 0.236 e. The number of carbonyl (C=O) groups is 1. The number of rotatable bonds is 5. The number of likely N-dealkylation sites (N-methyl/N-ethyl adjacent to an activating group) is 1. The molecule has 0 unspecified atom stereocenters. The van der Waals surface area contributed by atoms with Gasteiger partial charge in [0.15, 0.2) is 0 Å². The van der Waals surface area contributed by atoms with E-state index in [0.717, 1.165) is 17.1 Å². The van der Waals surface area contributed by atoms with Crippen molar-refractivity contribution in [1.29, 1.82) is 0 Å². The predicted octanol–water partition coefficient (Wildman–Crippen LogP) is 1.91. The van der Waals surface area contributed by atoms with Gasteiger partial charge in [-0.1, -0.05) is 23.7 Å². The third-order valence-electron chi connectivity index (χ3n) is 2.39. The summed E-state index contributed by atoms with van der Waals surface area (Å²) in [6.07, 6.45) is 0. The van der Waals surface area contributed by atoms with E-state index in [2.05, 4.69) is 5.32 Å². The molecular formula is C12H17ClN2O. The Bertz CT molecular complexity index is 355. The molecular weight excluding hydrogens is 224 g/mol. The summed E-state index contributed by atoms with van der Waals surface area (Å²) >= 11 is 5.86. The monoisotopic (exact) mass is 240 g/mol. The number of hydrogen-bond acceptors (Lipinski definition) is 2. The van der Waals surface area contributed by atoms with Gasteiger partial charge in [-0.3, -0.25) is 4.79 Å². The van der Waals surface area contributed by atoms with Gasteiger partial charge >= 0.3 is 0 Å². The molecule has 0 heterocycles. The fourth-order valence-electron chi connectivity index (χ4n) is 1.27.